The maximum atomic E-state index is 11.9. The standard InChI is InChI=1S/C18H26N6O4S/c1-3-28-15(26)5-4-14(25)19-6-7-24-17-13(12-20-24)16(21-18(22-17)29-2)23-8-10-27-11-9-23/h12H,3-11H2,1-2H3,(H,19,25). The Morgan fingerprint density at radius 3 is 2.79 bits per heavy atom. The maximum absolute atomic E-state index is 11.9. The van der Waals surface area contributed by atoms with E-state index in [9.17, 15) is 9.59 Å². The molecule has 0 spiro atoms. The smallest absolute Gasteiger partial charge is 0.306 e. The van der Waals surface area contributed by atoms with Crippen LogP contribution in [-0.2, 0) is 25.6 Å². The molecule has 1 N–H and O–H groups in total. The Bertz CT molecular complexity index is 852. The third-order valence-electron chi connectivity index (χ3n) is 4.46. The maximum Gasteiger partial charge on any atom is 0.306 e. The first-order chi connectivity index (χ1) is 14.1. The second kappa shape index (κ2) is 10.4. The average Bonchev–Trinajstić information content (AvgIpc) is 3.15. The molecule has 1 aliphatic heterocycles. The van der Waals surface area contributed by atoms with E-state index in [1.807, 2.05) is 6.26 Å². The van der Waals surface area contributed by atoms with Crippen LogP contribution in [0.1, 0.15) is 19.8 Å². The topological polar surface area (TPSA) is 111 Å². The molecule has 3 heterocycles. The van der Waals surface area contributed by atoms with E-state index in [1.54, 1.807) is 17.8 Å². The van der Waals surface area contributed by atoms with E-state index < -0.39 is 0 Å². The van der Waals surface area contributed by atoms with Crippen LogP contribution in [0.3, 0.4) is 0 Å². The molecular formula is C18H26N6O4S. The molecule has 1 fully saturated rings. The minimum absolute atomic E-state index is 0.0809. The molecule has 1 amide bonds. The lowest BCUT2D eigenvalue weighted by Gasteiger charge is -2.28. The number of amides is 1. The molecule has 29 heavy (non-hydrogen) atoms. The van der Waals surface area contributed by atoms with Crippen molar-refractivity contribution in [2.75, 3.05) is 50.6 Å². The average molecular weight is 423 g/mol. The van der Waals surface area contributed by atoms with Gasteiger partial charge in [0.05, 0.1) is 44.4 Å². The van der Waals surface area contributed by atoms with Gasteiger partial charge < -0.3 is 19.7 Å². The van der Waals surface area contributed by atoms with Crippen molar-refractivity contribution in [1.82, 2.24) is 25.1 Å². The number of rotatable bonds is 9. The van der Waals surface area contributed by atoms with Crippen LogP contribution in [0.4, 0.5) is 5.82 Å². The number of fused-ring (bicyclic) bond motifs is 1. The number of aromatic nitrogens is 4. The third-order valence-corrected chi connectivity index (χ3v) is 5.00. The summed E-state index contributed by atoms with van der Waals surface area (Å²) in [4.78, 5) is 34.7. The van der Waals surface area contributed by atoms with Crippen molar-refractivity contribution in [3.63, 3.8) is 0 Å². The summed E-state index contributed by atoms with van der Waals surface area (Å²) in [6, 6.07) is 0. The highest BCUT2D eigenvalue weighted by Gasteiger charge is 2.20. The first-order valence-electron chi connectivity index (χ1n) is 9.65. The zero-order chi connectivity index (χ0) is 20.6. The van der Waals surface area contributed by atoms with Crippen LogP contribution in [0, 0.1) is 0 Å². The minimum Gasteiger partial charge on any atom is -0.466 e. The normalized spacial score (nSPS) is 14.2. The van der Waals surface area contributed by atoms with E-state index in [2.05, 4.69) is 25.3 Å². The molecule has 0 saturated carbocycles. The molecule has 2 aromatic rings. The predicted octanol–water partition coefficient (Wildman–Crippen LogP) is 0.844. The zero-order valence-corrected chi connectivity index (χ0v) is 17.5. The number of hydrogen-bond acceptors (Lipinski definition) is 9. The monoisotopic (exact) mass is 422 g/mol. The number of carbonyl (C=O) groups is 2. The van der Waals surface area contributed by atoms with Crippen LogP contribution >= 0.6 is 11.8 Å². The summed E-state index contributed by atoms with van der Waals surface area (Å²) in [7, 11) is 0. The van der Waals surface area contributed by atoms with Gasteiger partial charge in [-0.2, -0.15) is 5.10 Å². The summed E-state index contributed by atoms with van der Waals surface area (Å²) in [5.74, 6) is 0.313. The van der Waals surface area contributed by atoms with Crippen LogP contribution in [0.2, 0.25) is 0 Å². The van der Waals surface area contributed by atoms with Gasteiger partial charge in [-0.05, 0) is 13.2 Å². The molecular weight excluding hydrogens is 396 g/mol. The molecule has 0 aliphatic carbocycles. The van der Waals surface area contributed by atoms with E-state index >= 15 is 0 Å². The van der Waals surface area contributed by atoms with Crippen LogP contribution in [0.25, 0.3) is 11.0 Å². The molecule has 0 bridgehead atoms. The van der Waals surface area contributed by atoms with Crippen molar-refractivity contribution in [3.8, 4) is 0 Å². The van der Waals surface area contributed by atoms with Crippen molar-refractivity contribution >= 4 is 40.5 Å². The van der Waals surface area contributed by atoms with E-state index in [4.69, 9.17) is 9.47 Å². The first kappa shape index (κ1) is 21.3. The Kier molecular flexibility index (Phi) is 7.64. The zero-order valence-electron chi connectivity index (χ0n) is 16.7. The van der Waals surface area contributed by atoms with E-state index in [1.165, 1.54) is 11.8 Å². The molecule has 0 unspecified atom stereocenters. The van der Waals surface area contributed by atoms with Crippen molar-refractivity contribution in [2.24, 2.45) is 0 Å². The highest BCUT2D eigenvalue weighted by atomic mass is 32.2. The molecule has 2 aromatic heterocycles. The lowest BCUT2D eigenvalue weighted by molar-refractivity contribution is -0.144. The van der Waals surface area contributed by atoms with E-state index in [-0.39, 0.29) is 24.7 Å². The molecule has 1 saturated heterocycles. The quantitative estimate of drug-likeness (QED) is 0.357. The SMILES string of the molecule is CCOC(=O)CCC(=O)NCCn1ncc2c(N3CCOCC3)nc(SC)nc21. The molecule has 1 aliphatic rings. The van der Waals surface area contributed by atoms with Crippen LogP contribution < -0.4 is 10.2 Å². The number of esters is 1. The number of anilines is 1. The second-order valence-corrected chi connectivity index (χ2v) is 7.17. The Morgan fingerprint density at radius 2 is 2.07 bits per heavy atom. The fourth-order valence-electron chi connectivity index (χ4n) is 3.03. The van der Waals surface area contributed by atoms with Crippen molar-refractivity contribution in [2.45, 2.75) is 31.5 Å². The lowest BCUT2D eigenvalue weighted by Crippen LogP contribution is -2.37. The van der Waals surface area contributed by atoms with Gasteiger partial charge in [-0.1, -0.05) is 11.8 Å². The first-order valence-corrected chi connectivity index (χ1v) is 10.9. The van der Waals surface area contributed by atoms with Gasteiger partial charge in [0.15, 0.2) is 10.8 Å². The number of morpholine rings is 1. The van der Waals surface area contributed by atoms with Crippen molar-refractivity contribution in [1.29, 1.82) is 0 Å². The number of nitrogens with one attached hydrogen (secondary N) is 1. The number of carbonyl (C=O) groups excluding carboxylic acids is 2. The van der Waals surface area contributed by atoms with Gasteiger partial charge >= 0.3 is 5.97 Å². The van der Waals surface area contributed by atoms with Gasteiger partial charge in [0.25, 0.3) is 0 Å². The van der Waals surface area contributed by atoms with E-state index in [0.29, 0.717) is 38.1 Å². The van der Waals surface area contributed by atoms with Gasteiger partial charge in [-0.15, -0.1) is 0 Å². The van der Waals surface area contributed by atoms with Crippen molar-refractivity contribution < 1.29 is 19.1 Å². The summed E-state index contributed by atoms with van der Waals surface area (Å²) in [5, 5.41) is 8.82. The lowest BCUT2D eigenvalue weighted by atomic mass is 10.3. The van der Waals surface area contributed by atoms with Gasteiger partial charge in [-0.3, -0.25) is 9.59 Å². The number of thioether (sulfide) groups is 1. The predicted molar refractivity (Wildman–Crippen MR) is 109 cm³/mol. The second-order valence-electron chi connectivity index (χ2n) is 6.39. The molecule has 0 atom stereocenters. The van der Waals surface area contributed by atoms with Gasteiger partial charge in [0, 0.05) is 26.1 Å². The van der Waals surface area contributed by atoms with Crippen LogP contribution in [-0.4, -0.2) is 77.3 Å². The summed E-state index contributed by atoms with van der Waals surface area (Å²) < 4.78 is 12.0. The minimum atomic E-state index is -0.363. The van der Waals surface area contributed by atoms with Gasteiger partial charge in [0.2, 0.25) is 5.91 Å². The number of ether oxygens (including phenoxy) is 2. The largest absolute Gasteiger partial charge is 0.466 e. The summed E-state index contributed by atoms with van der Waals surface area (Å²) in [6.45, 7) is 5.83. The Balaban J connectivity index is 1.64. The fraction of sp³-hybridized carbons (Fsp3) is 0.611. The summed E-state index contributed by atoms with van der Waals surface area (Å²) >= 11 is 1.48. The van der Waals surface area contributed by atoms with Gasteiger partial charge in [-0.25, -0.2) is 14.6 Å². The van der Waals surface area contributed by atoms with Crippen LogP contribution in [0.5, 0.6) is 0 Å². The number of nitrogens with zero attached hydrogens (tertiary/aromatic N) is 5. The molecule has 3 rings (SSSR count). The molecule has 11 heteroatoms. The summed E-state index contributed by atoms with van der Waals surface area (Å²) in [6.07, 6.45) is 3.90. The fourth-order valence-corrected chi connectivity index (χ4v) is 3.39. The number of hydrogen-bond donors (Lipinski definition) is 1. The Labute approximate surface area is 173 Å². The molecule has 0 radical (unpaired) electrons. The Hall–Kier alpha value is -2.40. The Morgan fingerprint density at radius 1 is 1.28 bits per heavy atom. The van der Waals surface area contributed by atoms with E-state index in [0.717, 1.165) is 29.9 Å². The molecule has 0 aromatic carbocycles. The highest BCUT2D eigenvalue weighted by Crippen LogP contribution is 2.27. The third kappa shape index (κ3) is 5.57. The molecule has 158 valence electrons. The van der Waals surface area contributed by atoms with Gasteiger partial charge in [0.1, 0.15) is 5.82 Å². The van der Waals surface area contributed by atoms with Crippen LogP contribution in [0.15, 0.2) is 11.4 Å². The van der Waals surface area contributed by atoms with Crippen molar-refractivity contribution in [3.05, 3.63) is 6.20 Å². The summed E-state index contributed by atoms with van der Waals surface area (Å²) in [5.41, 5.74) is 0.742. The highest BCUT2D eigenvalue weighted by molar-refractivity contribution is 7.98. The molecule has 10 nitrogen and oxygen atoms in total.